The summed E-state index contributed by atoms with van der Waals surface area (Å²) in [6, 6.07) is 7.55. The molecule has 1 N–H and O–H groups in total. The summed E-state index contributed by atoms with van der Waals surface area (Å²) in [5.41, 5.74) is -0.181. The molecular weight excluding hydrogens is 282 g/mol. The Labute approximate surface area is 120 Å². The third kappa shape index (κ3) is 3.36. The minimum Gasteiger partial charge on any atom is -0.450 e. The number of nitro groups is 1. The lowest BCUT2D eigenvalue weighted by atomic mass is 10.3. The lowest BCUT2D eigenvalue weighted by Gasteiger charge is -2.08. The SMILES string of the molecule is CCNc1cc(Oc2ccc(Cl)cc2[N+](=O)[O-])ccn1. The molecule has 0 aliphatic carbocycles. The van der Waals surface area contributed by atoms with Crippen molar-refractivity contribution in [3.05, 3.63) is 51.7 Å². The Hall–Kier alpha value is -2.34. The lowest BCUT2D eigenvalue weighted by Crippen LogP contribution is -1.99. The third-order valence-electron chi connectivity index (χ3n) is 2.43. The van der Waals surface area contributed by atoms with E-state index in [-0.39, 0.29) is 16.5 Å². The second-order valence-electron chi connectivity index (χ2n) is 3.88. The van der Waals surface area contributed by atoms with Crippen molar-refractivity contribution in [2.24, 2.45) is 0 Å². The van der Waals surface area contributed by atoms with Crippen LogP contribution in [0.2, 0.25) is 5.02 Å². The average molecular weight is 294 g/mol. The van der Waals surface area contributed by atoms with Crippen LogP contribution >= 0.6 is 11.6 Å². The number of hydrogen-bond acceptors (Lipinski definition) is 5. The van der Waals surface area contributed by atoms with Crippen molar-refractivity contribution in [2.45, 2.75) is 6.92 Å². The van der Waals surface area contributed by atoms with Crippen LogP contribution < -0.4 is 10.1 Å². The molecule has 0 spiro atoms. The molecule has 0 bridgehead atoms. The molecule has 20 heavy (non-hydrogen) atoms. The second kappa shape index (κ2) is 6.21. The van der Waals surface area contributed by atoms with Crippen LogP contribution in [0.1, 0.15) is 6.92 Å². The maximum Gasteiger partial charge on any atom is 0.313 e. The Balaban J connectivity index is 2.30. The fourth-order valence-electron chi connectivity index (χ4n) is 1.60. The first-order valence-electron chi connectivity index (χ1n) is 5.92. The summed E-state index contributed by atoms with van der Waals surface area (Å²) in [5.74, 6) is 1.23. The van der Waals surface area contributed by atoms with Gasteiger partial charge in [0.05, 0.1) is 4.92 Å². The van der Waals surface area contributed by atoms with Crippen molar-refractivity contribution in [1.82, 2.24) is 4.98 Å². The Morgan fingerprint density at radius 3 is 2.90 bits per heavy atom. The second-order valence-corrected chi connectivity index (χ2v) is 4.31. The first kappa shape index (κ1) is 14.1. The standard InChI is InChI=1S/C13H12ClN3O3/c1-2-15-13-8-10(5-6-16-13)20-12-4-3-9(14)7-11(12)17(18)19/h3-8H,2H2,1H3,(H,15,16). The minimum absolute atomic E-state index is 0.132. The molecule has 0 atom stereocenters. The van der Waals surface area contributed by atoms with E-state index in [0.29, 0.717) is 11.6 Å². The number of anilines is 1. The van der Waals surface area contributed by atoms with Crippen molar-refractivity contribution < 1.29 is 9.66 Å². The van der Waals surface area contributed by atoms with Crippen LogP contribution in [0.25, 0.3) is 0 Å². The first-order chi connectivity index (χ1) is 9.60. The maximum absolute atomic E-state index is 11.0. The van der Waals surface area contributed by atoms with Crippen LogP contribution in [-0.4, -0.2) is 16.5 Å². The summed E-state index contributed by atoms with van der Waals surface area (Å²) < 4.78 is 5.53. The highest BCUT2D eigenvalue weighted by Gasteiger charge is 2.16. The predicted octanol–water partition coefficient (Wildman–Crippen LogP) is 3.87. The smallest absolute Gasteiger partial charge is 0.313 e. The van der Waals surface area contributed by atoms with E-state index in [4.69, 9.17) is 16.3 Å². The molecule has 104 valence electrons. The van der Waals surface area contributed by atoms with E-state index in [9.17, 15) is 10.1 Å². The molecule has 0 saturated heterocycles. The maximum atomic E-state index is 11.0. The summed E-state index contributed by atoms with van der Waals surface area (Å²) in [4.78, 5) is 14.5. The third-order valence-corrected chi connectivity index (χ3v) is 2.67. The Bertz CT molecular complexity index is 634. The fourth-order valence-corrected chi connectivity index (χ4v) is 1.77. The average Bonchev–Trinajstić information content (AvgIpc) is 2.41. The molecule has 0 saturated carbocycles. The molecule has 1 aromatic carbocycles. The van der Waals surface area contributed by atoms with E-state index in [2.05, 4.69) is 10.3 Å². The summed E-state index contributed by atoms with van der Waals surface area (Å²) in [7, 11) is 0. The van der Waals surface area contributed by atoms with Gasteiger partial charge in [-0.1, -0.05) is 11.6 Å². The monoisotopic (exact) mass is 293 g/mol. The quantitative estimate of drug-likeness (QED) is 0.669. The Morgan fingerprint density at radius 2 is 2.20 bits per heavy atom. The van der Waals surface area contributed by atoms with Gasteiger partial charge in [-0.2, -0.15) is 0 Å². The minimum atomic E-state index is -0.534. The molecule has 0 unspecified atom stereocenters. The van der Waals surface area contributed by atoms with Crippen LogP contribution in [0.4, 0.5) is 11.5 Å². The van der Waals surface area contributed by atoms with Crippen LogP contribution in [0.15, 0.2) is 36.5 Å². The van der Waals surface area contributed by atoms with Gasteiger partial charge in [0.15, 0.2) is 0 Å². The van der Waals surface area contributed by atoms with Gasteiger partial charge in [-0.25, -0.2) is 4.98 Å². The number of ether oxygens (including phenoxy) is 1. The number of nitrogens with one attached hydrogen (secondary N) is 1. The summed E-state index contributed by atoms with van der Waals surface area (Å²) in [5, 5.41) is 14.3. The summed E-state index contributed by atoms with van der Waals surface area (Å²) in [6.45, 7) is 2.66. The summed E-state index contributed by atoms with van der Waals surface area (Å²) >= 11 is 5.75. The molecule has 2 aromatic rings. The predicted molar refractivity (Wildman–Crippen MR) is 76.6 cm³/mol. The van der Waals surface area contributed by atoms with Crippen LogP contribution in [0.5, 0.6) is 11.5 Å². The fraction of sp³-hybridized carbons (Fsp3) is 0.154. The highest BCUT2D eigenvalue weighted by molar-refractivity contribution is 6.30. The van der Waals surface area contributed by atoms with Crippen LogP contribution in [0.3, 0.4) is 0 Å². The zero-order chi connectivity index (χ0) is 14.5. The highest BCUT2D eigenvalue weighted by Crippen LogP contribution is 2.33. The van der Waals surface area contributed by atoms with Gasteiger partial charge in [-0.05, 0) is 25.1 Å². The molecule has 6 nitrogen and oxygen atoms in total. The Morgan fingerprint density at radius 1 is 1.40 bits per heavy atom. The molecule has 2 rings (SSSR count). The van der Waals surface area contributed by atoms with Gasteiger partial charge in [0.25, 0.3) is 0 Å². The number of pyridine rings is 1. The molecule has 0 amide bonds. The molecule has 0 aliphatic heterocycles. The zero-order valence-electron chi connectivity index (χ0n) is 10.7. The number of hydrogen-bond donors (Lipinski definition) is 1. The largest absolute Gasteiger partial charge is 0.450 e. The van der Waals surface area contributed by atoms with Gasteiger partial charge in [0.2, 0.25) is 5.75 Å². The van der Waals surface area contributed by atoms with E-state index in [1.54, 1.807) is 18.3 Å². The number of nitrogens with zero attached hydrogens (tertiary/aromatic N) is 2. The van der Waals surface area contributed by atoms with Crippen LogP contribution in [0, 0.1) is 10.1 Å². The van der Waals surface area contributed by atoms with E-state index in [1.165, 1.54) is 18.2 Å². The van der Waals surface area contributed by atoms with Crippen LogP contribution in [-0.2, 0) is 0 Å². The van der Waals surface area contributed by atoms with Gasteiger partial charge in [0, 0.05) is 29.9 Å². The van der Waals surface area contributed by atoms with E-state index in [0.717, 1.165) is 6.54 Å². The van der Waals surface area contributed by atoms with Crippen molar-refractivity contribution >= 4 is 23.1 Å². The summed E-state index contributed by atoms with van der Waals surface area (Å²) in [6.07, 6.45) is 1.56. The van der Waals surface area contributed by atoms with Gasteiger partial charge >= 0.3 is 5.69 Å². The zero-order valence-corrected chi connectivity index (χ0v) is 11.4. The van der Waals surface area contributed by atoms with Gasteiger partial charge in [0.1, 0.15) is 11.6 Å². The molecule has 1 aromatic heterocycles. The number of nitro benzene ring substituents is 1. The highest BCUT2D eigenvalue weighted by atomic mass is 35.5. The van der Waals surface area contributed by atoms with E-state index >= 15 is 0 Å². The lowest BCUT2D eigenvalue weighted by molar-refractivity contribution is -0.385. The van der Waals surface area contributed by atoms with E-state index in [1.807, 2.05) is 6.92 Å². The van der Waals surface area contributed by atoms with E-state index < -0.39 is 4.92 Å². The van der Waals surface area contributed by atoms with Gasteiger partial charge in [-0.15, -0.1) is 0 Å². The van der Waals surface area contributed by atoms with Crippen molar-refractivity contribution in [2.75, 3.05) is 11.9 Å². The number of rotatable bonds is 5. The molecular formula is C13H12ClN3O3. The first-order valence-corrected chi connectivity index (χ1v) is 6.29. The molecule has 7 heteroatoms. The number of benzene rings is 1. The van der Waals surface area contributed by atoms with Gasteiger partial charge < -0.3 is 10.1 Å². The molecule has 0 fully saturated rings. The topological polar surface area (TPSA) is 77.3 Å². The normalized spacial score (nSPS) is 10.1. The molecule has 0 radical (unpaired) electrons. The van der Waals surface area contributed by atoms with Crippen molar-refractivity contribution in [3.8, 4) is 11.5 Å². The van der Waals surface area contributed by atoms with Gasteiger partial charge in [-0.3, -0.25) is 10.1 Å². The number of aromatic nitrogens is 1. The van der Waals surface area contributed by atoms with Crippen molar-refractivity contribution in [1.29, 1.82) is 0 Å². The molecule has 1 heterocycles. The Kier molecular flexibility index (Phi) is 4.37. The molecule has 0 aliphatic rings. The number of halogens is 1. The van der Waals surface area contributed by atoms with Crippen molar-refractivity contribution in [3.63, 3.8) is 0 Å².